The fourth-order valence-corrected chi connectivity index (χ4v) is 2.84. The van der Waals surface area contributed by atoms with Gasteiger partial charge >= 0.3 is 12.0 Å². The number of thiazole rings is 1. The SMILES string of the molecule is Cc1csc(NC(=O)NC(C(=O)O)c2cccs2)n1. The second-order valence-corrected chi connectivity index (χ2v) is 5.52. The monoisotopic (exact) mass is 297 g/mol. The molecule has 2 aromatic heterocycles. The molecule has 6 nitrogen and oxygen atoms in total. The quantitative estimate of drug-likeness (QED) is 0.808. The highest BCUT2D eigenvalue weighted by molar-refractivity contribution is 7.13. The van der Waals surface area contributed by atoms with E-state index in [0.717, 1.165) is 5.69 Å². The molecule has 100 valence electrons. The van der Waals surface area contributed by atoms with Crippen LogP contribution in [0.5, 0.6) is 0 Å². The fraction of sp³-hybridized carbons (Fsp3) is 0.182. The van der Waals surface area contributed by atoms with Crippen molar-refractivity contribution in [3.8, 4) is 0 Å². The number of thiophene rings is 1. The highest BCUT2D eigenvalue weighted by Gasteiger charge is 2.23. The summed E-state index contributed by atoms with van der Waals surface area (Å²) >= 11 is 2.56. The van der Waals surface area contributed by atoms with Gasteiger partial charge in [0.15, 0.2) is 11.2 Å². The van der Waals surface area contributed by atoms with Crippen LogP contribution in [-0.4, -0.2) is 22.1 Å². The molecule has 1 unspecified atom stereocenters. The number of urea groups is 1. The number of carbonyl (C=O) groups excluding carboxylic acids is 1. The van der Waals surface area contributed by atoms with Crippen molar-refractivity contribution < 1.29 is 14.7 Å². The Morgan fingerprint density at radius 2 is 2.21 bits per heavy atom. The van der Waals surface area contributed by atoms with E-state index in [4.69, 9.17) is 5.11 Å². The first-order valence-electron chi connectivity index (χ1n) is 5.32. The van der Waals surface area contributed by atoms with Gasteiger partial charge in [-0.2, -0.15) is 0 Å². The molecule has 0 fully saturated rings. The van der Waals surface area contributed by atoms with Crippen LogP contribution in [0.2, 0.25) is 0 Å². The molecule has 1 atom stereocenters. The van der Waals surface area contributed by atoms with E-state index in [2.05, 4.69) is 15.6 Å². The molecule has 0 aromatic carbocycles. The van der Waals surface area contributed by atoms with Crippen LogP contribution in [-0.2, 0) is 4.79 Å². The van der Waals surface area contributed by atoms with E-state index in [1.165, 1.54) is 22.7 Å². The van der Waals surface area contributed by atoms with Crippen LogP contribution in [0.1, 0.15) is 16.6 Å². The molecule has 0 aliphatic rings. The number of anilines is 1. The zero-order chi connectivity index (χ0) is 13.8. The third-order valence-corrected chi connectivity index (χ3v) is 4.00. The first kappa shape index (κ1) is 13.5. The lowest BCUT2D eigenvalue weighted by molar-refractivity contribution is -0.139. The van der Waals surface area contributed by atoms with E-state index in [-0.39, 0.29) is 0 Å². The number of aliphatic carboxylic acids is 1. The Balaban J connectivity index is 2.02. The number of aromatic nitrogens is 1. The molecule has 0 aliphatic heterocycles. The van der Waals surface area contributed by atoms with Gasteiger partial charge in [-0.05, 0) is 18.4 Å². The van der Waals surface area contributed by atoms with E-state index in [1.54, 1.807) is 22.9 Å². The lowest BCUT2D eigenvalue weighted by Gasteiger charge is -2.12. The molecule has 19 heavy (non-hydrogen) atoms. The maximum atomic E-state index is 11.7. The van der Waals surface area contributed by atoms with Crippen LogP contribution < -0.4 is 10.6 Å². The third-order valence-electron chi connectivity index (χ3n) is 2.19. The highest BCUT2D eigenvalue weighted by Crippen LogP contribution is 2.20. The van der Waals surface area contributed by atoms with Gasteiger partial charge in [0.05, 0.1) is 5.69 Å². The Morgan fingerprint density at radius 1 is 1.42 bits per heavy atom. The van der Waals surface area contributed by atoms with Crippen LogP contribution in [0.3, 0.4) is 0 Å². The molecule has 2 heterocycles. The number of nitrogens with one attached hydrogen (secondary N) is 2. The fourth-order valence-electron chi connectivity index (χ4n) is 1.39. The standard InChI is InChI=1S/C11H11N3O3S2/c1-6-5-19-11(12-6)14-10(17)13-8(9(15)16)7-3-2-4-18-7/h2-5,8H,1H3,(H,15,16)(H2,12,13,14,17). The number of carboxylic acids is 1. The number of hydrogen-bond acceptors (Lipinski definition) is 5. The van der Waals surface area contributed by atoms with Crippen molar-refractivity contribution in [1.29, 1.82) is 0 Å². The summed E-state index contributed by atoms with van der Waals surface area (Å²) in [5.74, 6) is -1.10. The van der Waals surface area contributed by atoms with Crippen molar-refractivity contribution in [2.75, 3.05) is 5.32 Å². The summed E-state index contributed by atoms with van der Waals surface area (Å²) in [6.07, 6.45) is 0. The van der Waals surface area contributed by atoms with Crippen molar-refractivity contribution in [3.05, 3.63) is 33.5 Å². The predicted molar refractivity (Wildman–Crippen MR) is 73.7 cm³/mol. The minimum absolute atomic E-state index is 0.435. The molecule has 0 saturated carbocycles. The normalized spacial score (nSPS) is 11.8. The second kappa shape index (κ2) is 5.81. The molecule has 3 N–H and O–H groups in total. The zero-order valence-corrected chi connectivity index (χ0v) is 11.5. The summed E-state index contributed by atoms with van der Waals surface area (Å²) in [5.41, 5.74) is 0.799. The van der Waals surface area contributed by atoms with E-state index in [1.807, 2.05) is 6.92 Å². The van der Waals surface area contributed by atoms with E-state index < -0.39 is 18.0 Å². The van der Waals surface area contributed by atoms with Gasteiger partial charge in [-0.1, -0.05) is 6.07 Å². The van der Waals surface area contributed by atoms with E-state index in [0.29, 0.717) is 10.0 Å². The van der Waals surface area contributed by atoms with Crippen LogP contribution >= 0.6 is 22.7 Å². The van der Waals surface area contributed by atoms with Gasteiger partial charge in [0.25, 0.3) is 0 Å². The van der Waals surface area contributed by atoms with Gasteiger partial charge in [-0.3, -0.25) is 5.32 Å². The van der Waals surface area contributed by atoms with Gasteiger partial charge in [-0.25, -0.2) is 14.6 Å². The average molecular weight is 297 g/mol. The lowest BCUT2D eigenvalue weighted by Crippen LogP contribution is -2.36. The molecule has 2 aromatic rings. The number of nitrogens with zero attached hydrogens (tertiary/aromatic N) is 1. The molecule has 0 radical (unpaired) electrons. The molecular weight excluding hydrogens is 286 g/mol. The molecule has 8 heteroatoms. The van der Waals surface area contributed by atoms with Crippen LogP contribution in [0, 0.1) is 6.92 Å². The van der Waals surface area contributed by atoms with Crippen molar-refractivity contribution in [1.82, 2.24) is 10.3 Å². The van der Waals surface area contributed by atoms with Gasteiger partial charge in [0.1, 0.15) is 0 Å². The topological polar surface area (TPSA) is 91.3 Å². The van der Waals surface area contributed by atoms with Gasteiger partial charge in [0, 0.05) is 10.3 Å². The van der Waals surface area contributed by atoms with Crippen molar-refractivity contribution in [3.63, 3.8) is 0 Å². The molecule has 0 aliphatic carbocycles. The van der Waals surface area contributed by atoms with E-state index >= 15 is 0 Å². The Kier molecular flexibility index (Phi) is 4.13. The number of hydrogen-bond donors (Lipinski definition) is 3. The third kappa shape index (κ3) is 3.52. The Hall–Kier alpha value is -1.93. The van der Waals surface area contributed by atoms with Gasteiger partial charge < -0.3 is 10.4 Å². The van der Waals surface area contributed by atoms with Crippen molar-refractivity contribution in [2.45, 2.75) is 13.0 Å². The Labute approximate surface area is 117 Å². The minimum atomic E-state index is -1.10. The van der Waals surface area contributed by atoms with Gasteiger partial charge in [0.2, 0.25) is 0 Å². The Morgan fingerprint density at radius 3 is 2.74 bits per heavy atom. The summed E-state index contributed by atoms with van der Waals surface area (Å²) in [6.45, 7) is 1.81. The molecule has 0 spiro atoms. The number of aryl methyl sites for hydroxylation is 1. The second-order valence-electron chi connectivity index (χ2n) is 3.68. The first-order chi connectivity index (χ1) is 9.06. The summed E-state index contributed by atoms with van der Waals surface area (Å²) < 4.78 is 0. The molecule has 0 saturated heterocycles. The largest absolute Gasteiger partial charge is 0.479 e. The number of carbonyl (C=O) groups is 2. The maximum absolute atomic E-state index is 11.7. The summed E-state index contributed by atoms with van der Waals surface area (Å²) in [5, 5.41) is 18.0. The summed E-state index contributed by atoms with van der Waals surface area (Å²) in [6, 6.07) is 1.76. The van der Waals surface area contributed by atoms with Crippen molar-refractivity contribution in [2.24, 2.45) is 0 Å². The van der Waals surface area contributed by atoms with Crippen LogP contribution in [0.15, 0.2) is 22.9 Å². The first-order valence-corrected chi connectivity index (χ1v) is 7.08. The smallest absolute Gasteiger partial charge is 0.331 e. The molecule has 2 rings (SSSR count). The summed E-state index contributed by atoms with van der Waals surface area (Å²) in [4.78, 5) is 27.5. The number of amides is 2. The summed E-state index contributed by atoms with van der Waals surface area (Å²) in [7, 11) is 0. The van der Waals surface area contributed by atoms with Gasteiger partial charge in [-0.15, -0.1) is 22.7 Å². The minimum Gasteiger partial charge on any atom is -0.479 e. The predicted octanol–water partition coefficient (Wildman–Crippen LogP) is 2.46. The van der Waals surface area contributed by atoms with Crippen LogP contribution in [0.25, 0.3) is 0 Å². The zero-order valence-electron chi connectivity index (χ0n) is 9.91. The highest BCUT2D eigenvalue weighted by atomic mass is 32.1. The molecular formula is C11H11N3O3S2. The molecule has 2 amide bonds. The number of rotatable bonds is 4. The number of carboxylic acid groups (broad SMARTS) is 1. The van der Waals surface area contributed by atoms with Crippen LogP contribution in [0.4, 0.5) is 9.93 Å². The Bertz CT molecular complexity index is 580. The maximum Gasteiger partial charge on any atom is 0.331 e. The average Bonchev–Trinajstić information content (AvgIpc) is 2.97. The molecule has 0 bridgehead atoms. The lowest BCUT2D eigenvalue weighted by atomic mass is 10.2. The van der Waals surface area contributed by atoms with Crippen molar-refractivity contribution >= 4 is 39.8 Å². The van der Waals surface area contributed by atoms with E-state index in [9.17, 15) is 9.59 Å².